The fraction of sp³-hybridized carbons (Fsp3) is 0.375. The summed E-state index contributed by atoms with van der Waals surface area (Å²) in [6.07, 6.45) is 9.04. The zero-order valence-electron chi connectivity index (χ0n) is 13.9. The summed E-state index contributed by atoms with van der Waals surface area (Å²) in [7, 11) is 3.75. The van der Waals surface area contributed by atoms with Crippen molar-refractivity contribution in [3.8, 4) is 0 Å². The van der Waals surface area contributed by atoms with Crippen molar-refractivity contribution >= 4 is 17.9 Å². The lowest BCUT2D eigenvalue weighted by Crippen LogP contribution is -2.27. The molecular formula is C16H22N6O. The Morgan fingerprint density at radius 3 is 2.52 bits per heavy atom. The van der Waals surface area contributed by atoms with E-state index < -0.39 is 0 Å². The molecule has 0 aromatic carbocycles. The number of H-pyrrole nitrogens is 1. The predicted molar refractivity (Wildman–Crippen MR) is 89.9 cm³/mol. The molecule has 2 rings (SSSR count). The molecule has 2 aromatic heterocycles. The number of hydrogen-bond donors (Lipinski definition) is 2. The number of carbonyl (C=O) groups is 1. The van der Waals surface area contributed by atoms with Gasteiger partial charge in [-0.25, -0.2) is 15.0 Å². The monoisotopic (exact) mass is 314 g/mol. The SMILES string of the molecule is CCC(NC(=O)/C=C/c1cnc(N(C)C)nc1)c1ncc(C)[nH]1. The van der Waals surface area contributed by atoms with Gasteiger partial charge in [0.2, 0.25) is 11.9 Å². The van der Waals surface area contributed by atoms with Gasteiger partial charge in [-0.1, -0.05) is 6.92 Å². The molecule has 7 heteroatoms. The van der Waals surface area contributed by atoms with Crippen LogP contribution in [0.2, 0.25) is 0 Å². The third-order valence-corrected chi connectivity index (χ3v) is 3.26. The van der Waals surface area contributed by atoms with Crippen LogP contribution in [0.5, 0.6) is 0 Å². The molecule has 0 aliphatic rings. The van der Waals surface area contributed by atoms with E-state index in [0.29, 0.717) is 5.95 Å². The Labute approximate surface area is 135 Å². The number of carbonyl (C=O) groups excluding carboxylic acids is 1. The number of imidazole rings is 1. The molecule has 2 N–H and O–H groups in total. The predicted octanol–water partition coefficient (Wildman–Crippen LogP) is 1.85. The minimum Gasteiger partial charge on any atom is -0.347 e. The molecule has 0 bridgehead atoms. The van der Waals surface area contributed by atoms with Crippen molar-refractivity contribution in [2.45, 2.75) is 26.3 Å². The number of aromatic nitrogens is 4. The maximum atomic E-state index is 12.1. The average molecular weight is 314 g/mol. The lowest BCUT2D eigenvalue weighted by molar-refractivity contribution is -0.117. The molecule has 0 radical (unpaired) electrons. The van der Waals surface area contributed by atoms with Gasteiger partial charge in [0, 0.05) is 50.0 Å². The first kappa shape index (κ1) is 16.7. The van der Waals surface area contributed by atoms with Gasteiger partial charge >= 0.3 is 0 Å². The van der Waals surface area contributed by atoms with Crippen LogP contribution in [0.15, 0.2) is 24.7 Å². The largest absolute Gasteiger partial charge is 0.347 e. The Bertz CT molecular complexity index is 674. The van der Waals surface area contributed by atoms with Crippen molar-refractivity contribution in [2.24, 2.45) is 0 Å². The second-order valence-corrected chi connectivity index (χ2v) is 5.47. The number of aryl methyl sites for hydroxylation is 1. The van der Waals surface area contributed by atoms with Gasteiger partial charge in [0.15, 0.2) is 0 Å². The fourth-order valence-corrected chi connectivity index (χ4v) is 2.01. The number of amides is 1. The van der Waals surface area contributed by atoms with E-state index in [2.05, 4.69) is 25.3 Å². The summed E-state index contributed by atoms with van der Waals surface area (Å²) in [5.41, 5.74) is 1.74. The minimum absolute atomic E-state index is 0.131. The summed E-state index contributed by atoms with van der Waals surface area (Å²) in [6, 6.07) is -0.131. The van der Waals surface area contributed by atoms with E-state index in [-0.39, 0.29) is 11.9 Å². The number of rotatable bonds is 6. The van der Waals surface area contributed by atoms with Gasteiger partial charge in [0.1, 0.15) is 5.82 Å². The van der Waals surface area contributed by atoms with Gasteiger partial charge < -0.3 is 15.2 Å². The first-order valence-corrected chi connectivity index (χ1v) is 7.49. The lowest BCUT2D eigenvalue weighted by atomic mass is 10.2. The Kier molecular flexibility index (Phi) is 5.46. The zero-order valence-corrected chi connectivity index (χ0v) is 13.9. The number of nitrogens with zero attached hydrogens (tertiary/aromatic N) is 4. The Hall–Kier alpha value is -2.70. The summed E-state index contributed by atoms with van der Waals surface area (Å²) in [5, 5.41) is 2.93. The molecule has 0 fully saturated rings. The Morgan fingerprint density at radius 1 is 1.30 bits per heavy atom. The van der Waals surface area contributed by atoms with Crippen LogP contribution in [0.3, 0.4) is 0 Å². The zero-order chi connectivity index (χ0) is 16.8. The van der Waals surface area contributed by atoms with Gasteiger partial charge in [-0.05, 0) is 19.4 Å². The molecule has 0 saturated heterocycles. The fourth-order valence-electron chi connectivity index (χ4n) is 2.01. The third-order valence-electron chi connectivity index (χ3n) is 3.26. The molecule has 23 heavy (non-hydrogen) atoms. The molecular weight excluding hydrogens is 292 g/mol. The van der Waals surface area contributed by atoms with E-state index >= 15 is 0 Å². The van der Waals surface area contributed by atoms with Crippen LogP contribution in [0, 0.1) is 6.92 Å². The summed E-state index contributed by atoms with van der Waals surface area (Å²) in [5.74, 6) is 1.22. The van der Waals surface area contributed by atoms with E-state index in [9.17, 15) is 4.79 Å². The molecule has 2 heterocycles. The van der Waals surface area contributed by atoms with Crippen molar-refractivity contribution in [3.63, 3.8) is 0 Å². The van der Waals surface area contributed by atoms with E-state index in [4.69, 9.17) is 0 Å². The quantitative estimate of drug-likeness (QED) is 0.795. The Morgan fingerprint density at radius 2 is 2.00 bits per heavy atom. The summed E-state index contributed by atoms with van der Waals surface area (Å²) >= 11 is 0. The highest BCUT2D eigenvalue weighted by atomic mass is 16.1. The lowest BCUT2D eigenvalue weighted by Gasteiger charge is -2.13. The molecule has 0 aliphatic heterocycles. The van der Waals surface area contributed by atoms with Gasteiger partial charge in [0.05, 0.1) is 6.04 Å². The maximum Gasteiger partial charge on any atom is 0.244 e. The van der Waals surface area contributed by atoms with Crippen LogP contribution in [-0.4, -0.2) is 39.9 Å². The van der Waals surface area contributed by atoms with Crippen molar-refractivity contribution < 1.29 is 4.79 Å². The standard InChI is InChI=1S/C16H22N6O/c1-5-13(15-17-8-11(2)20-15)21-14(23)7-6-12-9-18-16(19-10-12)22(3)4/h6-10,13H,5H2,1-4H3,(H,17,20)(H,21,23)/b7-6+. The normalized spacial score (nSPS) is 12.3. The van der Waals surface area contributed by atoms with E-state index in [1.165, 1.54) is 6.08 Å². The summed E-state index contributed by atoms with van der Waals surface area (Å²) in [4.78, 5) is 29.7. The Balaban J connectivity index is 1.97. The van der Waals surface area contributed by atoms with Crippen molar-refractivity contribution in [1.82, 2.24) is 25.3 Å². The second kappa shape index (κ2) is 7.53. The molecule has 0 spiro atoms. The molecule has 0 aliphatic carbocycles. The van der Waals surface area contributed by atoms with Crippen LogP contribution in [-0.2, 0) is 4.79 Å². The van der Waals surface area contributed by atoms with Gasteiger partial charge in [-0.2, -0.15) is 0 Å². The van der Waals surface area contributed by atoms with E-state index in [1.807, 2.05) is 32.8 Å². The van der Waals surface area contributed by atoms with Crippen LogP contribution >= 0.6 is 0 Å². The van der Waals surface area contributed by atoms with E-state index in [1.54, 1.807) is 24.7 Å². The summed E-state index contributed by atoms with van der Waals surface area (Å²) < 4.78 is 0. The highest BCUT2D eigenvalue weighted by Crippen LogP contribution is 2.13. The topological polar surface area (TPSA) is 86.8 Å². The number of anilines is 1. The molecule has 0 saturated carbocycles. The smallest absolute Gasteiger partial charge is 0.244 e. The number of nitrogens with one attached hydrogen (secondary N) is 2. The van der Waals surface area contributed by atoms with Crippen molar-refractivity contribution in [3.05, 3.63) is 41.7 Å². The maximum absolute atomic E-state index is 12.1. The number of aromatic amines is 1. The molecule has 122 valence electrons. The molecule has 2 aromatic rings. The highest BCUT2D eigenvalue weighted by molar-refractivity contribution is 5.91. The van der Waals surface area contributed by atoms with Crippen molar-refractivity contribution in [2.75, 3.05) is 19.0 Å². The van der Waals surface area contributed by atoms with Crippen LogP contribution in [0.4, 0.5) is 5.95 Å². The highest BCUT2D eigenvalue weighted by Gasteiger charge is 2.13. The molecule has 1 atom stereocenters. The van der Waals surface area contributed by atoms with Crippen molar-refractivity contribution in [1.29, 1.82) is 0 Å². The van der Waals surface area contributed by atoms with E-state index in [0.717, 1.165) is 23.5 Å². The van der Waals surface area contributed by atoms with Crippen LogP contribution < -0.4 is 10.2 Å². The first-order chi connectivity index (χ1) is 11.0. The molecule has 1 amide bonds. The summed E-state index contributed by atoms with van der Waals surface area (Å²) in [6.45, 7) is 3.93. The third kappa shape index (κ3) is 4.64. The second-order valence-electron chi connectivity index (χ2n) is 5.47. The van der Waals surface area contributed by atoms with Gasteiger partial charge in [-0.15, -0.1) is 0 Å². The van der Waals surface area contributed by atoms with Gasteiger partial charge in [-0.3, -0.25) is 4.79 Å². The molecule has 7 nitrogen and oxygen atoms in total. The minimum atomic E-state index is -0.178. The molecule has 1 unspecified atom stereocenters. The van der Waals surface area contributed by atoms with Gasteiger partial charge in [0.25, 0.3) is 0 Å². The average Bonchev–Trinajstić information content (AvgIpc) is 2.97. The first-order valence-electron chi connectivity index (χ1n) is 7.49. The van der Waals surface area contributed by atoms with Crippen LogP contribution in [0.25, 0.3) is 6.08 Å². The number of hydrogen-bond acceptors (Lipinski definition) is 5. The van der Waals surface area contributed by atoms with Crippen LogP contribution in [0.1, 0.15) is 36.5 Å².